The summed E-state index contributed by atoms with van der Waals surface area (Å²) in [7, 11) is 3.06. The SMILES string of the molecule is COc1cccc(NC(=O)CSC2=C(C#N)[C@@H](c3ccc(OC)c(Cl)c3)CC(=O)N2)c1. The largest absolute Gasteiger partial charge is 0.497 e. The molecule has 0 fully saturated rings. The van der Waals surface area contributed by atoms with Crippen LogP contribution in [0.2, 0.25) is 5.02 Å². The molecule has 0 aromatic heterocycles. The summed E-state index contributed by atoms with van der Waals surface area (Å²) in [5.41, 5.74) is 1.72. The molecule has 1 aliphatic rings. The number of benzene rings is 2. The minimum absolute atomic E-state index is 0.0219. The molecule has 31 heavy (non-hydrogen) atoms. The Morgan fingerprint density at radius 1 is 1.29 bits per heavy atom. The Hall–Kier alpha value is -3.15. The fourth-order valence-electron chi connectivity index (χ4n) is 3.15. The summed E-state index contributed by atoms with van der Waals surface area (Å²) < 4.78 is 10.3. The fourth-order valence-corrected chi connectivity index (χ4v) is 4.30. The number of methoxy groups -OCH3 is 2. The van der Waals surface area contributed by atoms with Crippen LogP contribution in [0.4, 0.5) is 5.69 Å². The number of carbonyl (C=O) groups is 2. The van der Waals surface area contributed by atoms with Crippen LogP contribution in [0.5, 0.6) is 11.5 Å². The average molecular weight is 458 g/mol. The highest BCUT2D eigenvalue weighted by atomic mass is 35.5. The van der Waals surface area contributed by atoms with Crippen molar-refractivity contribution in [2.24, 2.45) is 0 Å². The number of thioether (sulfide) groups is 1. The molecule has 7 nitrogen and oxygen atoms in total. The molecule has 160 valence electrons. The molecule has 0 unspecified atom stereocenters. The van der Waals surface area contributed by atoms with E-state index in [0.29, 0.717) is 32.8 Å². The molecule has 0 bridgehead atoms. The van der Waals surface area contributed by atoms with Crippen LogP contribution >= 0.6 is 23.4 Å². The van der Waals surface area contributed by atoms with Gasteiger partial charge < -0.3 is 20.1 Å². The Bertz CT molecular complexity index is 1080. The van der Waals surface area contributed by atoms with Gasteiger partial charge in [-0.3, -0.25) is 9.59 Å². The second-order valence-corrected chi connectivity index (χ2v) is 8.02. The summed E-state index contributed by atoms with van der Waals surface area (Å²) in [5.74, 6) is 0.204. The number of halogens is 1. The van der Waals surface area contributed by atoms with Gasteiger partial charge in [-0.1, -0.05) is 35.5 Å². The highest BCUT2D eigenvalue weighted by molar-refractivity contribution is 8.03. The van der Waals surface area contributed by atoms with Gasteiger partial charge in [0, 0.05) is 24.1 Å². The van der Waals surface area contributed by atoms with Crippen LogP contribution in [-0.2, 0) is 9.59 Å². The van der Waals surface area contributed by atoms with Gasteiger partial charge in [0.1, 0.15) is 11.5 Å². The second-order valence-electron chi connectivity index (χ2n) is 6.62. The van der Waals surface area contributed by atoms with E-state index in [1.165, 1.54) is 7.11 Å². The highest BCUT2D eigenvalue weighted by Gasteiger charge is 2.30. The van der Waals surface area contributed by atoms with Crippen LogP contribution < -0.4 is 20.1 Å². The lowest BCUT2D eigenvalue weighted by Gasteiger charge is -2.25. The van der Waals surface area contributed by atoms with Crippen molar-refractivity contribution < 1.29 is 19.1 Å². The van der Waals surface area contributed by atoms with Gasteiger partial charge in [0.2, 0.25) is 11.8 Å². The van der Waals surface area contributed by atoms with E-state index in [9.17, 15) is 14.9 Å². The lowest BCUT2D eigenvalue weighted by Crippen LogP contribution is -2.31. The van der Waals surface area contributed by atoms with Crippen molar-refractivity contribution >= 4 is 40.9 Å². The number of anilines is 1. The highest BCUT2D eigenvalue weighted by Crippen LogP contribution is 2.38. The zero-order valence-corrected chi connectivity index (χ0v) is 18.5. The molecule has 2 amide bonds. The lowest BCUT2D eigenvalue weighted by molar-refractivity contribution is -0.121. The van der Waals surface area contributed by atoms with E-state index in [1.54, 1.807) is 49.6 Å². The Labute approximate surface area is 189 Å². The van der Waals surface area contributed by atoms with E-state index in [0.717, 1.165) is 17.3 Å². The van der Waals surface area contributed by atoms with Gasteiger partial charge in [-0.05, 0) is 29.8 Å². The maximum Gasteiger partial charge on any atom is 0.234 e. The third-order valence-corrected chi connectivity index (χ3v) is 5.95. The lowest BCUT2D eigenvalue weighted by atomic mass is 9.87. The van der Waals surface area contributed by atoms with Crippen LogP contribution in [0.15, 0.2) is 53.1 Å². The molecular formula is C22H20ClN3O4S. The number of hydrogen-bond acceptors (Lipinski definition) is 6. The monoisotopic (exact) mass is 457 g/mol. The van der Waals surface area contributed by atoms with Crippen molar-refractivity contribution in [2.45, 2.75) is 12.3 Å². The van der Waals surface area contributed by atoms with Crippen LogP contribution in [0, 0.1) is 11.3 Å². The number of rotatable bonds is 7. The molecule has 0 aliphatic carbocycles. The molecule has 0 spiro atoms. The van der Waals surface area contributed by atoms with Gasteiger partial charge in [-0.25, -0.2) is 0 Å². The smallest absolute Gasteiger partial charge is 0.234 e. The number of hydrogen-bond donors (Lipinski definition) is 2. The van der Waals surface area contributed by atoms with E-state index in [2.05, 4.69) is 16.7 Å². The Balaban J connectivity index is 1.76. The molecule has 9 heteroatoms. The topological polar surface area (TPSA) is 100 Å². The molecular weight excluding hydrogens is 438 g/mol. The molecule has 1 atom stereocenters. The van der Waals surface area contributed by atoms with Crippen molar-refractivity contribution in [2.75, 3.05) is 25.3 Å². The standard InChI is InChI=1S/C22H20ClN3O4S/c1-29-15-5-3-4-14(9-15)25-21(28)12-31-22-17(11-24)16(10-20(27)26-22)13-6-7-19(30-2)18(23)8-13/h3-9,16H,10,12H2,1-2H3,(H,25,28)(H,26,27)/t16-/m1/s1. The maximum atomic E-state index is 12.4. The number of nitrogens with zero attached hydrogens (tertiary/aromatic N) is 1. The summed E-state index contributed by atoms with van der Waals surface area (Å²) in [6.45, 7) is 0. The predicted octanol–water partition coefficient (Wildman–Crippen LogP) is 4.07. The summed E-state index contributed by atoms with van der Waals surface area (Å²) in [4.78, 5) is 24.7. The van der Waals surface area contributed by atoms with Crippen LogP contribution in [0.25, 0.3) is 0 Å². The number of carbonyl (C=O) groups excluding carboxylic acids is 2. The Morgan fingerprint density at radius 3 is 2.77 bits per heavy atom. The first-order valence-electron chi connectivity index (χ1n) is 9.29. The van der Waals surface area contributed by atoms with E-state index in [4.69, 9.17) is 21.1 Å². The summed E-state index contributed by atoms with van der Waals surface area (Å²) >= 11 is 7.33. The van der Waals surface area contributed by atoms with Gasteiger partial charge in [0.15, 0.2) is 0 Å². The third kappa shape index (κ3) is 5.51. The molecule has 0 saturated carbocycles. The minimum Gasteiger partial charge on any atom is -0.497 e. The summed E-state index contributed by atoms with van der Waals surface area (Å²) in [6, 6.07) is 14.3. The molecule has 0 radical (unpaired) electrons. The molecule has 1 heterocycles. The first-order chi connectivity index (χ1) is 14.9. The molecule has 1 aliphatic heterocycles. The zero-order chi connectivity index (χ0) is 22.4. The Morgan fingerprint density at radius 2 is 2.10 bits per heavy atom. The number of nitriles is 1. The van der Waals surface area contributed by atoms with Crippen LogP contribution in [0.1, 0.15) is 17.9 Å². The first-order valence-corrected chi connectivity index (χ1v) is 10.7. The third-order valence-electron chi connectivity index (χ3n) is 4.64. The summed E-state index contributed by atoms with van der Waals surface area (Å²) in [5, 5.41) is 16.0. The van der Waals surface area contributed by atoms with Crippen LogP contribution in [-0.4, -0.2) is 31.8 Å². The average Bonchev–Trinajstić information content (AvgIpc) is 2.77. The van der Waals surface area contributed by atoms with E-state index in [1.807, 2.05) is 0 Å². The zero-order valence-electron chi connectivity index (χ0n) is 16.9. The van der Waals surface area contributed by atoms with Gasteiger partial charge in [-0.2, -0.15) is 5.26 Å². The number of allylic oxidation sites excluding steroid dienone is 1. The summed E-state index contributed by atoms with van der Waals surface area (Å²) in [6.07, 6.45) is 0.117. The molecule has 3 rings (SSSR count). The van der Waals surface area contributed by atoms with E-state index < -0.39 is 5.92 Å². The number of nitrogens with one attached hydrogen (secondary N) is 2. The van der Waals surface area contributed by atoms with Crippen molar-refractivity contribution in [3.05, 3.63) is 63.7 Å². The quantitative estimate of drug-likeness (QED) is 0.650. The normalized spacial score (nSPS) is 15.7. The van der Waals surface area contributed by atoms with Crippen LogP contribution in [0.3, 0.4) is 0 Å². The number of ether oxygens (including phenoxy) is 2. The van der Waals surface area contributed by atoms with E-state index in [-0.39, 0.29) is 24.0 Å². The molecule has 2 N–H and O–H groups in total. The Kier molecular flexibility index (Phi) is 7.45. The molecule has 0 saturated heterocycles. The van der Waals surface area contributed by atoms with Gasteiger partial charge in [-0.15, -0.1) is 0 Å². The fraction of sp³-hybridized carbons (Fsp3) is 0.227. The predicted molar refractivity (Wildman–Crippen MR) is 120 cm³/mol. The molecule has 2 aromatic rings. The van der Waals surface area contributed by atoms with Gasteiger partial charge in [0.05, 0.1) is 41.7 Å². The molecule has 2 aromatic carbocycles. The van der Waals surface area contributed by atoms with Crippen molar-refractivity contribution in [3.8, 4) is 17.6 Å². The van der Waals surface area contributed by atoms with Gasteiger partial charge in [0.25, 0.3) is 0 Å². The van der Waals surface area contributed by atoms with Crippen molar-refractivity contribution in [1.29, 1.82) is 5.26 Å². The van der Waals surface area contributed by atoms with Crippen molar-refractivity contribution in [3.63, 3.8) is 0 Å². The number of amides is 2. The maximum absolute atomic E-state index is 12.4. The second kappa shape index (κ2) is 10.2. The minimum atomic E-state index is -0.453. The van der Waals surface area contributed by atoms with Crippen molar-refractivity contribution in [1.82, 2.24) is 5.32 Å². The van der Waals surface area contributed by atoms with Gasteiger partial charge >= 0.3 is 0 Å². The first kappa shape index (κ1) is 22.5. The van der Waals surface area contributed by atoms with E-state index >= 15 is 0 Å².